The third-order valence-corrected chi connectivity index (χ3v) is 2.46. The van der Waals surface area contributed by atoms with Crippen molar-refractivity contribution in [2.75, 3.05) is 6.54 Å². The number of carbonyl (C=O) groups is 1. The van der Waals surface area contributed by atoms with E-state index in [9.17, 15) is 18.0 Å². The van der Waals surface area contributed by atoms with Gasteiger partial charge < -0.3 is 5.32 Å². The van der Waals surface area contributed by atoms with Gasteiger partial charge in [0, 0.05) is 24.9 Å². The maximum absolute atomic E-state index is 13.3. The van der Waals surface area contributed by atoms with Crippen molar-refractivity contribution in [1.29, 1.82) is 0 Å². The van der Waals surface area contributed by atoms with Crippen LogP contribution in [-0.2, 0) is 4.79 Å². The lowest BCUT2D eigenvalue weighted by Crippen LogP contribution is -2.13. The van der Waals surface area contributed by atoms with E-state index < -0.39 is 23.4 Å². The van der Waals surface area contributed by atoms with Crippen LogP contribution in [-0.4, -0.2) is 12.5 Å². The van der Waals surface area contributed by atoms with Crippen LogP contribution in [0.25, 0.3) is 0 Å². The number of carbonyl (C=O) groups excluding carboxylic acids is 1. The fourth-order valence-corrected chi connectivity index (χ4v) is 1.68. The molecule has 1 N–H and O–H groups in total. The van der Waals surface area contributed by atoms with Gasteiger partial charge in [0.1, 0.15) is 5.82 Å². The first-order chi connectivity index (χ1) is 7.08. The fraction of sp³-hybridized carbons (Fsp3) is 0.300. The van der Waals surface area contributed by atoms with Gasteiger partial charge in [0.25, 0.3) is 0 Å². The van der Waals surface area contributed by atoms with Gasteiger partial charge in [-0.15, -0.1) is 0 Å². The van der Waals surface area contributed by atoms with Gasteiger partial charge >= 0.3 is 0 Å². The van der Waals surface area contributed by atoms with Crippen molar-refractivity contribution in [3.8, 4) is 0 Å². The summed E-state index contributed by atoms with van der Waals surface area (Å²) in [7, 11) is 0. The van der Waals surface area contributed by atoms with Crippen LogP contribution in [0, 0.1) is 17.5 Å². The Balaban J connectivity index is 2.36. The second-order valence-corrected chi connectivity index (χ2v) is 3.49. The first-order valence-electron chi connectivity index (χ1n) is 4.49. The van der Waals surface area contributed by atoms with E-state index in [4.69, 9.17) is 0 Å². The van der Waals surface area contributed by atoms with Crippen molar-refractivity contribution in [3.63, 3.8) is 0 Å². The molecule has 15 heavy (non-hydrogen) atoms. The first-order valence-corrected chi connectivity index (χ1v) is 4.49. The Labute approximate surface area is 84.1 Å². The molecule has 1 aromatic rings. The van der Waals surface area contributed by atoms with Crippen LogP contribution < -0.4 is 5.32 Å². The summed E-state index contributed by atoms with van der Waals surface area (Å²) in [5, 5.41) is 2.51. The average molecular weight is 215 g/mol. The van der Waals surface area contributed by atoms with E-state index in [1.54, 1.807) is 0 Å². The van der Waals surface area contributed by atoms with Crippen LogP contribution in [0.1, 0.15) is 17.9 Å². The average Bonchev–Trinajstić information content (AvgIpc) is 2.58. The van der Waals surface area contributed by atoms with Crippen molar-refractivity contribution in [2.24, 2.45) is 0 Å². The molecular weight excluding hydrogens is 207 g/mol. The summed E-state index contributed by atoms with van der Waals surface area (Å²) in [6, 6.07) is 1.32. The van der Waals surface area contributed by atoms with Crippen molar-refractivity contribution in [2.45, 2.75) is 12.3 Å². The molecular formula is C10H8F3NO. The highest BCUT2D eigenvalue weighted by Gasteiger charge is 2.26. The molecule has 0 aromatic heterocycles. The predicted octanol–water partition coefficient (Wildman–Crippen LogP) is 1.71. The number of rotatable bonds is 1. The van der Waals surface area contributed by atoms with Crippen LogP contribution in [0.5, 0.6) is 0 Å². The molecule has 1 aliphatic rings. The molecule has 1 fully saturated rings. The van der Waals surface area contributed by atoms with Gasteiger partial charge in [-0.05, 0) is 11.6 Å². The third-order valence-electron chi connectivity index (χ3n) is 2.46. The zero-order valence-electron chi connectivity index (χ0n) is 7.69. The van der Waals surface area contributed by atoms with E-state index in [-0.39, 0.29) is 24.4 Å². The summed E-state index contributed by atoms with van der Waals surface area (Å²) in [6.45, 7) is 0.265. The van der Waals surface area contributed by atoms with Gasteiger partial charge in [0.05, 0.1) is 0 Å². The Morgan fingerprint density at radius 2 is 1.80 bits per heavy atom. The highest BCUT2D eigenvalue weighted by molar-refractivity contribution is 5.79. The summed E-state index contributed by atoms with van der Waals surface area (Å²) < 4.78 is 38.8. The molecule has 2 nitrogen and oxygen atoms in total. The SMILES string of the molecule is O=C1CC(c2cc(F)c(F)cc2F)CN1. The molecule has 0 saturated carbocycles. The molecule has 1 unspecified atom stereocenters. The maximum Gasteiger partial charge on any atom is 0.220 e. The van der Waals surface area contributed by atoms with Crippen LogP contribution in [0.4, 0.5) is 13.2 Å². The Morgan fingerprint density at radius 3 is 2.40 bits per heavy atom. The molecule has 1 aliphatic heterocycles. The minimum Gasteiger partial charge on any atom is -0.355 e. The summed E-state index contributed by atoms with van der Waals surface area (Å²) in [5.74, 6) is -3.73. The van der Waals surface area contributed by atoms with E-state index in [2.05, 4.69) is 5.32 Å². The molecule has 1 heterocycles. The van der Waals surface area contributed by atoms with Crippen molar-refractivity contribution in [3.05, 3.63) is 35.1 Å². The Morgan fingerprint density at radius 1 is 1.13 bits per heavy atom. The molecule has 0 aliphatic carbocycles. The van der Waals surface area contributed by atoms with E-state index >= 15 is 0 Å². The molecule has 1 saturated heterocycles. The van der Waals surface area contributed by atoms with Gasteiger partial charge in [-0.3, -0.25) is 4.79 Å². The van der Waals surface area contributed by atoms with Crippen LogP contribution in [0.3, 0.4) is 0 Å². The highest BCUT2D eigenvalue weighted by atomic mass is 19.2. The van der Waals surface area contributed by atoms with Crippen molar-refractivity contribution < 1.29 is 18.0 Å². The number of hydrogen-bond donors (Lipinski definition) is 1. The van der Waals surface area contributed by atoms with Crippen molar-refractivity contribution in [1.82, 2.24) is 5.32 Å². The standard InChI is InChI=1S/C10H8F3NO/c11-7-3-9(13)8(12)2-6(7)5-1-10(15)14-4-5/h2-3,5H,1,4H2,(H,14,15). The summed E-state index contributed by atoms with van der Waals surface area (Å²) in [4.78, 5) is 10.9. The summed E-state index contributed by atoms with van der Waals surface area (Å²) in [6.07, 6.45) is 0.113. The lowest BCUT2D eigenvalue weighted by molar-refractivity contribution is -0.119. The lowest BCUT2D eigenvalue weighted by Gasteiger charge is -2.09. The molecule has 1 atom stereocenters. The molecule has 0 spiro atoms. The van der Waals surface area contributed by atoms with Gasteiger partial charge in [0.15, 0.2) is 11.6 Å². The highest BCUT2D eigenvalue weighted by Crippen LogP contribution is 2.27. The fourth-order valence-electron chi connectivity index (χ4n) is 1.68. The zero-order valence-corrected chi connectivity index (χ0v) is 7.69. The van der Waals surface area contributed by atoms with E-state index in [0.717, 1.165) is 6.07 Å². The number of nitrogens with one attached hydrogen (secondary N) is 1. The minimum absolute atomic E-state index is 0.0484. The molecule has 5 heteroatoms. The largest absolute Gasteiger partial charge is 0.355 e. The molecule has 2 rings (SSSR count). The van der Waals surface area contributed by atoms with Gasteiger partial charge in [-0.1, -0.05) is 0 Å². The number of hydrogen-bond acceptors (Lipinski definition) is 1. The normalized spacial score (nSPS) is 20.5. The molecule has 1 amide bonds. The monoisotopic (exact) mass is 215 g/mol. The Kier molecular flexibility index (Phi) is 2.38. The van der Waals surface area contributed by atoms with Crippen LogP contribution in [0.15, 0.2) is 12.1 Å². The van der Waals surface area contributed by atoms with E-state index in [0.29, 0.717) is 6.07 Å². The summed E-state index contributed by atoms with van der Waals surface area (Å²) in [5.41, 5.74) is 0.0484. The van der Waals surface area contributed by atoms with Gasteiger partial charge in [-0.2, -0.15) is 0 Å². The number of halogens is 3. The molecule has 80 valence electrons. The predicted molar refractivity (Wildman–Crippen MR) is 46.7 cm³/mol. The third kappa shape index (κ3) is 1.82. The van der Waals surface area contributed by atoms with Gasteiger partial charge in [-0.25, -0.2) is 13.2 Å². The van der Waals surface area contributed by atoms with Gasteiger partial charge in [0.2, 0.25) is 5.91 Å². The quantitative estimate of drug-likeness (QED) is 0.710. The second-order valence-electron chi connectivity index (χ2n) is 3.49. The van der Waals surface area contributed by atoms with Crippen LogP contribution in [0.2, 0.25) is 0 Å². The number of amides is 1. The van der Waals surface area contributed by atoms with Crippen LogP contribution >= 0.6 is 0 Å². The second kappa shape index (κ2) is 3.56. The zero-order chi connectivity index (χ0) is 11.0. The Bertz CT molecular complexity index is 419. The minimum atomic E-state index is -1.21. The van der Waals surface area contributed by atoms with E-state index in [1.165, 1.54) is 0 Å². The van der Waals surface area contributed by atoms with E-state index in [1.807, 2.05) is 0 Å². The first kappa shape index (κ1) is 10.0. The van der Waals surface area contributed by atoms with Crippen molar-refractivity contribution >= 4 is 5.91 Å². The molecule has 1 aromatic carbocycles. The maximum atomic E-state index is 13.3. The summed E-state index contributed by atoms with van der Waals surface area (Å²) >= 11 is 0. The lowest BCUT2D eigenvalue weighted by atomic mass is 9.97. The Hall–Kier alpha value is -1.52. The number of benzene rings is 1. The smallest absolute Gasteiger partial charge is 0.220 e. The molecule has 0 bridgehead atoms. The molecule has 0 radical (unpaired) electrons. The topological polar surface area (TPSA) is 29.1 Å².